The van der Waals surface area contributed by atoms with Gasteiger partial charge in [0.1, 0.15) is 24.4 Å². The third-order valence-electron chi connectivity index (χ3n) is 3.96. The predicted molar refractivity (Wildman–Crippen MR) is 79.5 cm³/mol. The molecule has 0 unspecified atom stereocenters. The molecule has 0 bridgehead atoms. The topological polar surface area (TPSA) is 152 Å². The van der Waals surface area contributed by atoms with E-state index in [1.54, 1.807) is 0 Å². The average molecular weight is 416 g/mol. The Labute approximate surface area is 198 Å². The van der Waals surface area contributed by atoms with Crippen molar-refractivity contribution >= 4 is 7.82 Å². The molecule has 26 heavy (non-hydrogen) atoms. The molecule has 5 atom stereocenters. The minimum Gasteiger partial charge on any atom is -0.790 e. The smallest absolute Gasteiger partial charge is 0.790 e. The maximum atomic E-state index is 10.8. The van der Waals surface area contributed by atoms with Crippen LogP contribution in [0.1, 0.15) is 39.5 Å². The Morgan fingerprint density at radius 3 is 2.08 bits per heavy atom. The van der Waals surface area contributed by atoms with Crippen LogP contribution in [0.25, 0.3) is 0 Å². The second kappa shape index (κ2) is 14.8. The number of aliphatic hydroxyl groups excluding tert-OH is 3. The summed E-state index contributed by atoms with van der Waals surface area (Å²) in [5.74, 6) is 0.236. The molecule has 1 aliphatic rings. The minimum absolute atomic E-state index is 0. The molecule has 1 heterocycles. The molecule has 0 aromatic rings. The molecular weight excluding hydrogens is 389 g/mol. The van der Waals surface area contributed by atoms with Crippen LogP contribution >= 0.6 is 7.82 Å². The van der Waals surface area contributed by atoms with Crippen molar-refractivity contribution in [3.63, 3.8) is 0 Å². The largest absolute Gasteiger partial charge is 1.00 e. The van der Waals surface area contributed by atoms with E-state index in [1.165, 1.54) is 0 Å². The van der Waals surface area contributed by atoms with E-state index in [-0.39, 0.29) is 71.6 Å². The van der Waals surface area contributed by atoms with Crippen LogP contribution in [0, 0.1) is 5.92 Å². The average Bonchev–Trinajstić information content (AvgIpc) is 2.50. The van der Waals surface area contributed by atoms with Crippen molar-refractivity contribution in [2.75, 3.05) is 13.2 Å². The summed E-state index contributed by atoms with van der Waals surface area (Å²) in [5.41, 5.74) is 0. The molecule has 0 saturated carbocycles. The minimum atomic E-state index is -5.44. The van der Waals surface area contributed by atoms with Gasteiger partial charge in [0.25, 0.3) is 0 Å². The Balaban J connectivity index is 0. The fourth-order valence-corrected chi connectivity index (χ4v) is 3.37. The van der Waals surface area contributed by atoms with Crippen LogP contribution in [0.5, 0.6) is 0 Å². The van der Waals surface area contributed by atoms with Gasteiger partial charge in [-0.25, -0.2) is 0 Å². The number of hydrogen-bond acceptors (Lipinski definition) is 9. The molecule has 1 fully saturated rings. The van der Waals surface area contributed by atoms with Gasteiger partial charge in [-0.05, 0) is 18.8 Å². The van der Waals surface area contributed by atoms with E-state index in [0.29, 0.717) is 0 Å². The number of ether oxygens (including phenoxy) is 2. The first-order valence-corrected chi connectivity index (χ1v) is 9.64. The van der Waals surface area contributed by atoms with Gasteiger partial charge in [-0.1, -0.05) is 26.7 Å². The summed E-state index contributed by atoms with van der Waals surface area (Å²) < 4.78 is 25.8. The fraction of sp³-hybridized carbons (Fsp3) is 1.00. The fourth-order valence-electron chi connectivity index (χ4n) is 2.82. The number of rotatable bonds is 10. The van der Waals surface area contributed by atoms with E-state index < -0.39 is 45.1 Å². The molecule has 3 N–H and O–H groups in total. The Kier molecular flexibility index (Phi) is 17.2. The summed E-state index contributed by atoms with van der Waals surface area (Å²) in [6.45, 7) is 3.69. The molecule has 0 aromatic heterocycles. The van der Waals surface area contributed by atoms with Crippen molar-refractivity contribution in [1.82, 2.24) is 0 Å². The van der Waals surface area contributed by atoms with Gasteiger partial charge in [-0.15, -0.1) is 0 Å². The number of phosphoric ester groups is 1. The van der Waals surface area contributed by atoms with Crippen molar-refractivity contribution in [2.24, 2.45) is 5.92 Å². The van der Waals surface area contributed by atoms with E-state index >= 15 is 0 Å². The summed E-state index contributed by atoms with van der Waals surface area (Å²) >= 11 is 0. The summed E-state index contributed by atoms with van der Waals surface area (Å²) in [6, 6.07) is 0. The van der Waals surface area contributed by atoms with Crippen LogP contribution in [-0.4, -0.2) is 59.2 Å². The SMILES string of the molecule is CCCC(CCC)CO[C@@H]1O[C@H](CO)[C@H](O)[C@H](OP(=O)([O-])[O-])[C@H]1O.[Na+].[Na+]. The molecular formula is C14H27Na2O9P. The molecule has 0 amide bonds. The van der Waals surface area contributed by atoms with Crippen molar-refractivity contribution < 1.29 is 103 Å². The first-order valence-electron chi connectivity index (χ1n) is 8.17. The third kappa shape index (κ3) is 10.1. The van der Waals surface area contributed by atoms with Crippen LogP contribution in [-0.2, 0) is 18.6 Å². The third-order valence-corrected chi connectivity index (χ3v) is 4.46. The Hall–Kier alpha value is 1.91. The normalized spacial score (nSPS) is 29.2. The van der Waals surface area contributed by atoms with Crippen molar-refractivity contribution in [2.45, 2.75) is 70.2 Å². The first kappa shape index (κ1) is 30.1. The molecule has 0 spiro atoms. The summed E-state index contributed by atoms with van der Waals surface area (Å²) in [6.07, 6.45) is -3.90. The van der Waals surface area contributed by atoms with Crippen molar-refractivity contribution in [1.29, 1.82) is 0 Å². The summed E-state index contributed by atoms with van der Waals surface area (Å²) in [5, 5.41) is 29.3. The standard InChI is InChI=1S/C14H29O9P.2Na/c1-3-5-9(6-4-2)8-21-14-12(17)13(23-24(18,19)20)11(16)10(7-15)22-14;;/h9-17H,3-8H2,1-2H3,(H2,18,19,20);;/q;2*+1/p-2/t10-,11+,12-,13+,14-;;/m1../s1. The molecule has 0 aliphatic carbocycles. The number of hydrogen-bond donors (Lipinski definition) is 3. The zero-order chi connectivity index (χ0) is 18.3. The number of phosphoric acid groups is 1. The second-order valence-electron chi connectivity index (χ2n) is 6.00. The molecule has 1 rings (SSSR count). The zero-order valence-corrected chi connectivity index (χ0v) is 20.8. The molecule has 0 radical (unpaired) electrons. The van der Waals surface area contributed by atoms with E-state index in [4.69, 9.17) is 9.47 Å². The second-order valence-corrected chi connectivity index (χ2v) is 7.11. The summed E-state index contributed by atoms with van der Waals surface area (Å²) in [7, 11) is -5.44. The Morgan fingerprint density at radius 1 is 1.12 bits per heavy atom. The van der Waals surface area contributed by atoms with Crippen molar-refractivity contribution in [3.05, 3.63) is 0 Å². The maximum Gasteiger partial charge on any atom is 1.00 e. The maximum absolute atomic E-state index is 10.8. The molecule has 0 aromatic carbocycles. The Bertz CT molecular complexity index is 406. The van der Waals surface area contributed by atoms with Gasteiger partial charge >= 0.3 is 59.1 Å². The van der Waals surface area contributed by atoms with Gasteiger partial charge in [0, 0.05) is 0 Å². The molecule has 1 aliphatic heterocycles. The zero-order valence-electron chi connectivity index (χ0n) is 15.9. The summed E-state index contributed by atoms with van der Waals surface area (Å²) in [4.78, 5) is 21.6. The van der Waals surface area contributed by atoms with Crippen LogP contribution in [0.2, 0.25) is 0 Å². The van der Waals surface area contributed by atoms with Crippen LogP contribution < -0.4 is 68.9 Å². The molecule has 9 nitrogen and oxygen atoms in total. The Morgan fingerprint density at radius 2 is 1.65 bits per heavy atom. The monoisotopic (exact) mass is 416 g/mol. The van der Waals surface area contributed by atoms with Gasteiger partial charge in [-0.3, -0.25) is 0 Å². The van der Waals surface area contributed by atoms with Crippen molar-refractivity contribution in [3.8, 4) is 0 Å². The van der Waals surface area contributed by atoms with Gasteiger partial charge in [-0.2, -0.15) is 0 Å². The van der Waals surface area contributed by atoms with E-state index in [0.717, 1.165) is 25.7 Å². The quantitative estimate of drug-likeness (QED) is 0.233. The first-order chi connectivity index (χ1) is 11.2. The van der Waals surface area contributed by atoms with Gasteiger partial charge in [0.2, 0.25) is 0 Å². The van der Waals surface area contributed by atoms with Gasteiger partial charge in [0.05, 0.1) is 21.0 Å². The van der Waals surface area contributed by atoms with E-state index in [9.17, 15) is 29.7 Å². The predicted octanol–water partition coefficient (Wildman–Crippen LogP) is -7.12. The molecule has 12 heteroatoms. The van der Waals surface area contributed by atoms with Crippen LogP contribution in [0.3, 0.4) is 0 Å². The van der Waals surface area contributed by atoms with Gasteiger partial charge < -0.3 is 43.7 Å². The number of aliphatic hydroxyl groups is 3. The van der Waals surface area contributed by atoms with Crippen LogP contribution in [0.15, 0.2) is 0 Å². The van der Waals surface area contributed by atoms with E-state index in [2.05, 4.69) is 4.52 Å². The molecule has 1 saturated heterocycles. The van der Waals surface area contributed by atoms with E-state index in [1.807, 2.05) is 13.8 Å². The van der Waals surface area contributed by atoms with Gasteiger partial charge in [0.15, 0.2) is 6.29 Å². The van der Waals surface area contributed by atoms with Crippen LogP contribution in [0.4, 0.5) is 0 Å². The molecule has 144 valence electrons.